The Kier molecular flexibility index (Phi) is 6.42. The Morgan fingerprint density at radius 2 is 1.65 bits per heavy atom. The third-order valence-electron chi connectivity index (χ3n) is 3.93. The molecule has 0 aliphatic heterocycles. The number of anilines is 1. The maximum atomic E-state index is 6.19. The Hall–Kier alpha value is -2.17. The summed E-state index contributed by atoms with van der Waals surface area (Å²) in [5.41, 5.74) is 3.08. The molecule has 1 N–H and O–H groups in total. The van der Waals surface area contributed by atoms with Crippen LogP contribution in [0, 0.1) is 0 Å². The van der Waals surface area contributed by atoms with Crippen LogP contribution in [0.25, 0.3) is 0 Å². The predicted octanol–water partition coefficient (Wildman–Crippen LogP) is 6.30. The highest BCUT2D eigenvalue weighted by Crippen LogP contribution is 2.34. The fourth-order valence-electron chi connectivity index (χ4n) is 2.51. The normalized spacial score (nSPS) is 10.4. The van der Waals surface area contributed by atoms with Crippen LogP contribution >= 0.6 is 27.5 Å². The second kappa shape index (κ2) is 8.97. The molecule has 3 aromatic rings. The van der Waals surface area contributed by atoms with Gasteiger partial charge in [0.1, 0.15) is 6.61 Å². The van der Waals surface area contributed by atoms with E-state index >= 15 is 0 Å². The van der Waals surface area contributed by atoms with Crippen molar-refractivity contribution in [2.75, 3.05) is 12.4 Å². The van der Waals surface area contributed by atoms with E-state index in [2.05, 4.69) is 21.2 Å². The third-order valence-corrected chi connectivity index (χ3v) is 5.04. The van der Waals surface area contributed by atoms with Crippen LogP contribution in [0.3, 0.4) is 0 Å². The first-order valence-electron chi connectivity index (χ1n) is 8.19. The highest BCUT2D eigenvalue weighted by molar-refractivity contribution is 9.10. The fourth-order valence-corrected chi connectivity index (χ4v) is 3.16. The molecule has 3 nitrogen and oxygen atoms in total. The van der Waals surface area contributed by atoms with E-state index < -0.39 is 0 Å². The van der Waals surface area contributed by atoms with Gasteiger partial charge in [-0.15, -0.1) is 0 Å². The first-order valence-corrected chi connectivity index (χ1v) is 9.36. The number of rotatable bonds is 7. The van der Waals surface area contributed by atoms with Gasteiger partial charge in [-0.05, 0) is 35.9 Å². The van der Waals surface area contributed by atoms with Crippen molar-refractivity contribution in [2.45, 2.75) is 13.2 Å². The molecule has 3 aromatic carbocycles. The zero-order valence-corrected chi connectivity index (χ0v) is 16.7. The minimum atomic E-state index is 0.379. The molecule has 0 atom stereocenters. The molecule has 0 unspecified atom stereocenters. The Bertz CT molecular complexity index is 871. The average Bonchev–Trinajstić information content (AvgIpc) is 2.67. The van der Waals surface area contributed by atoms with Crippen molar-refractivity contribution < 1.29 is 9.47 Å². The summed E-state index contributed by atoms with van der Waals surface area (Å²) in [5.74, 6) is 1.35. The number of benzene rings is 3. The molecule has 0 saturated heterocycles. The lowest BCUT2D eigenvalue weighted by atomic mass is 10.2. The molecule has 3 rings (SSSR count). The summed E-state index contributed by atoms with van der Waals surface area (Å²) in [7, 11) is 1.64. The van der Waals surface area contributed by atoms with Crippen molar-refractivity contribution in [2.24, 2.45) is 0 Å². The molecule has 0 aliphatic rings. The zero-order valence-electron chi connectivity index (χ0n) is 14.3. The predicted molar refractivity (Wildman–Crippen MR) is 110 cm³/mol. The van der Waals surface area contributed by atoms with Crippen molar-refractivity contribution in [3.63, 3.8) is 0 Å². The van der Waals surface area contributed by atoms with E-state index in [1.807, 2.05) is 66.7 Å². The number of para-hydroxylation sites is 1. The van der Waals surface area contributed by atoms with E-state index in [9.17, 15) is 0 Å². The first-order chi connectivity index (χ1) is 12.7. The Morgan fingerprint density at radius 3 is 2.38 bits per heavy atom. The fraction of sp³-hybridized carbons (Fsp3) is 0.143. The van der Waals surface area contributed by atoms with Crippen molar-refractivity contribution in [3.05, 3.63) is 87.4 Å². The van der Waals surface area contributed by atoms with Crippen molar-refractivity contribution in [1.82, 2.24) is 0 Å². The van der Waals surface area contributed by atoms with Gasteiger partial charge >= 0.3 is 0 Å². The molecule has 0 radical (unpaired) electrons. The van der Waals surface area contributed by atoms with Gasteiger partial charge in [0.2, 0.25) is 0 Å². The molecular formula is C21H19BrClNO2. The molecule has 0 aliphatic carbocycles. The number of ether oxygens (including phenoxy) is 2. The van der Waals surface area contributed by atoms with Gasteiger partial charge in [0.25, 0.3) is 0 Å². The smallest absolute Gasteiger partial charge is 0.162 e. The molecule has 26 heavy (non-hydrogen) atoms. The molecule has 0 saturated carbocycles. The van der Waals surface area contributed by atoms with Crippen LogP contribution in [-0.4, -0.2) is 7.11 Å². The van der Waals surface area contributed by atoms with Crippen LogP contribution in [0.4, 0.5) is 5.69 Å². The van der Waals surface area contributed by atoms with Gasteiger partial charge < -0.3 is 14.8 Å². The standard InChI is InChI=1S/C21H19BrClNO2/c1-25-20-11-16(13-24-17-8-3-2-4-9-17)18(22)12-21(20)26-14-15-7-5-6-10-19(15)23/h2-12,24H,13-14H2,1H3. The largest absolute Gasteiger partial charge is 0.493 e. The molecule has 0 fully saturated rings. The van der Waals surface area contributed by atoms with Gasteiger partial charge in [0.05, 0.1) is 7.11 Å². The van der Waals surface area contributed by atoms with Crippen LogP contribution in [0.5, 0.6) is 11.5 Å². The third kappa shape index (κ3) is 4.71. The van der Waals surface area contributed by atoms with Gasteiger partial charge in [0, 0.05) is 27.3 Å². The van der Waals surface area contributed by atoms with E-state index in [1.54, 1.807) is 7.11 Å². The van der Waals surface area contributed by atoms with Crippen molar-refractivity contribution in [3.8, 4) is 11.5 Å². The first kappa shape index (κ1) is 18.6. The molecule has 134 valence electrons. The van der Waals surface area contributed by atoms with E-state index in [0.29, 0.717) is 29.7 Å². The minimum Gasteiger partial charge on any atom is -0.493 e. The summed E-state index contributed by atoms with van der Waals surface area (Å²) in [6.45, 7) is 1.05. The summed E-state index contributed by atoms with van der Waals surface area (Å²) >= 11 is 9.81. The monoisotopic (exact) mass is 431 g/mol. The van der Waals surface area contributed by atoms with Gasteiger partial charge in [-0.1, -0.05) is 63.9 Å². The lowest BCUT2D eigenvalue weighted by Crippen LogP contribution is -2.03. The topological polar surface area (TPSA) is 30.5 Å². The number of hydrogen-bond acceptors (Lipinski definition) is 3. The van der Waals surface area contributed by atoms with Crippen LogP contribution in [0.15, 0.2) is 71.2 Å². The summed E-state index contributed by atoms with van der Waals surface area (Å²) in [6, 6.07) is 21.6. The van der Waals surface area contributed by atoms with Crippen LogP contribution in [-0.2, 0) is 13.2 Å². The second-order valence-electron chi connectivity index (χ2n) is 5.69. The highest BCUT2D eigenvalue weighted by Gasteiger charge is 2.11. The molecular weight excluding hydrogens is 414 g/mol. The van der Waals surface area contributed by atoms with E-state index in [4.69, 9.17) is 21.1 Å². The maximum Gasteiger partial charge on any atom is 0.162 e. The summed E-state index contributed by atoms with van der Waals surface area (Å²) in [6.07, 6.45) is 0. The Balaban J connectivity index is 1.73. The van der Waals surface area contributed by atoms with E-state index in [1.165, 1.54) is 0 Å². The van der Waals surface area contributed by atoms with Crippen LogP contribution < -0.4 is 14.8 Å². The Labute approximate surface area is 167 Å². The highest BCUT2D eigenvalue weighted by atomic mass is 79.9. The van der Waals surface area contributed by atoms with Crippen LogP contribution in [0.2, 0.25) is 5.02 Å². The molecule has 0 aromatic heterocycles. The lowest BCUT2D eigenvalue weighted by molar-refractivity contribution is 0.284. The number of halogens is 2. The van der Waals surface area contributed by atoms with Gasteiger partial charge in [-0.25, -0.2) is 0 Å². The number of nitrogens with one attached hydrogen (secondary N) is 1. The van der Waals surface area contributed by atoms with E-state index in [-0.39, 0.29) is 0 Å². The average molecular weight is 433 g/mol. The van der Waals surface area contributed by atoms with Crippen molar-refractivity contribution >= 4 is 33.2 Å². The summed E-state index contributed by atoms with van der Waals surface area (Å²) in [5, 5.41) is 4.08. The second-order valence-corrected chi connectivity index (χ2v) is 6.96. The maximum absolute atomic E-state index is 6.19. The zero-order chi connectivity index (χ0) is 18.4. The van der Waals surface area contributed by atoms with Crippen molar-refractivity contribution in [1.29, 1.82) is 0 Å². The SMILES string of the molecule is COc1cc(CNc2ccccc2)c(Br)cc1OCc1ccccc1Cl. The molecule has 0 spiro atoms. The van der Waals surface area contributed by atoms with Gasteiger partial charge in [-0.3, -0.25) is 0 Å². The molecule has 5 heteroatoms. The summed E-state index contributed by atoms with van der Waals surface area (Å²) in [4.78, 5) is 0. The lowest BCUT2D eigenvalue weighted by Gasteiger charge is -2.15. The molecule has 0 bridgehead atoms. The minimum absolute atomic E-state index is 0.379. The molecule has 0 amide bonds. The Morgan fingerprint density at radius 1 is 0.923 bits per heavy atom. The van der Waals surface area contributed by atoms with Gasteiger partial charge in [-0.2, -0.15) is 0 Å². The van der Waals surface area contributed by atoms with Gasteiger partial charge in [0.15, 0.2) is 11.5 Å². The molecule has 0 heterocycles. The van der Waals surface area contributed by atoms with Crippen LogP contribution in [0.1, 0.15) is 11.1 Å². The quantitative estimate of drug-likeness (QED) is 0.475. The number of hydrogen-bond donors (Lipinski definition) is 1. The number of methoxy groups -OCH3 is 1. The summed E-state index contributed by atoms with van der Waals surface area (Å²) < 4.78 is 12.4. The van der Waals surface area contributed by atoms with E-state index in [0.717, 1.165) is 21.3 Å².